The molecule has 2 aromatic heterocycles. The van der Waals surface area contributed by atoms with E-state index in [0.717, 1.165) is 72.1 Å². The van der Waals surface area contributed by atoms with Gasteiger partial charge in [-0.05, 0) is 84.4 Å². The van der Waals surface area contributed by atoms with Crippen LogP contribution < -0.4 is 0 Å². The van der Waals surface area contributed by atoms with Crippen molar-refractivity contribution in [3.63, 3.8) is 0 Å². The number of aromatic nitrogens is 4. The van der Waals surface area contributed by atoms with Crippen LogP contribution in [0, 0.1) is 0 Å². The maximum Gasteiger partial charge on any atom is 0.164 e. The lowest BCUT2D eigenvalue weighted by atomic mass is 9.96. The van der Waals surface area contributed by atoms with E-state index in [1.807, 2.05) is 18.3 Å². The van der Waals surface area contributed by atoms with Crippen LogP contribution in [0.25, 0.3) is 122 Å². The summed E-state index contributed by atoms with van der Waals surface area (Å²) in [6, 6.07) is 83.3. The van der Waals surface area contributed by atoms with Gasteiger partial charge in [-0.1, -0.05) is 218 Å². The monoisotopic (exact) mass is 840 g/mol. The van der Waals surface area contributed by atoms with Gasteiger partial charge in [0, 0.05) is 39.2 Å². The van der Waals surface area contributed by atoms with Gasteiger partial charge in [0.25, 0.3) is 0 Å². The van der Waals surface area contributed by atoms with E-state index >= 15 is 0 Å². The number of hydrogen-bond acceptors (Lipinski definition) is 4. The molecular formula is C62H40N4. The molecule has 0 spiro atoms. The second-order valence-electron chi connectivity index (χ2n) is 16.7. The molecule has 0 saturated heterocycles. The van der Waals surface area contributed by atoms with Crippen LogP contribution in [0.15, 0.2) is 243 Å². The van der Waals surface area contributed by atoms with Crippen LogP contribution in [0.2, 0.25) is 0 Å². The molecule has 0 aliphatic rings. The fraction of sp³-hybridized carbons (Fsp3) is 0. The summed E-state index contributed by atoms with van der Waals surface area (Å²) in [4.78, 5) is 20.3. The molecule has 66 heavy (non-hydrogen) atoms. The van der Waals surface area contributed by atoms with Gasteiger partial charge in [0.05, 0.1) is 5.52 Å². The smallest absolute Gasteiger partial charge is 0.164 e. The number of rotatable bonds is 8. The zero-order valence-corrected chi connectivity index (χ0v) is 35.9. The van der Waals surface area contributed by atoms with Gasteiger partial charge >= 0.3 is 0 Å². The highest BCUT2D eigenvalue weighted by Gasteiger charge is 2.15. The maximum atomic E-state index is 5.10. The van der Waals surface area contributed by atoms with E-state index in [9.17, 15) is 0 Å². The third-order valence-corrected chi connectivity index (χ3v) is 12.6. The van der Waals surface area contributed by atoms with Crippen molar-refractivity contribution in [1.82, 2.24) is 19.9 Å². The van der Waals surface area contributed by atoms with Gasteiger partial charge in [-0.2, -0.15) is 0 Å². The van der Waals surface area contributed by atoms with Crippen molar-refractivity contribution in [2.75, 3.05) is 0 Å². The first-order valence-electron chi connectivity index (χ1n) is 22.3. The van der Waals surface area contributed by atoms with Crippen molar-refractivity contribution in [3.8, 4) is 89.8 Å². The maximum absolute atomic E-state index is 5.10. The van der Waals surface area contributed by atoms with Crippen LogP contribution >= 0.6 is 0 Å². The zero-order chi connectivity index (χ0) is 43.8. The van der Waals surface area contributed by atoms with Crippen LogP contribution in [0.3, 0.4) is 0 Å². The molecule has 4 nitrogen and oxygen atoms in total. The number of benzene rings is 10. The molecule has 12 rings (SSSR count). The molecule has 0 amide bonds. The highest BCUT2D eigenvalue weighted by molar-refractivity contribution is 6.16. The zero-order valence-electron chi connectivity index (χ0n) is 35.9. The quantitative estimate of drug-likeness (QED) is 0.143. The Bertz CT molecular complexity index is 3610. The minimum absolute atomic E-state index is 0.620. The Kier molecular flexibility index (Phi) is 9.81. The van der Waals surface area contributed by atoms with E-state index in [1.165, 1.54) is 32.7 Å². The Morgan fingerprint density at radius 1 is 0.212 bits per heavy atom. The Hall–Kier alpha value is -8.86. The number of nitrogens with zero attached hydrogens (tertiary/aromatic N) is 4. The summed E-state index contributed by atoms with van der Waals surface area (Å²) in [6.45, 7) is 0. The van der Waals surface area contributed by atoms with Crippen LogP contribution in [-0.4, -0.2) is 19.9 Å². The van der Waals surface area contributed by atoms with Gasteiger partial charge in [-0.3, -0.25) is 4.98 Å². The Morgan fingerprint density at radius 2 is 0.606 bits per heavy atom. The normalized spacial score (nSPS) is 11.3. The van der Waals surface area contributed by atoms with Crippen LogP contribution in [0.5, 0.6) is 0 Å². The first-order chi connectivity index (χ1) is 32.7. The van der Waals surface area contributed by atoms with Gasteiger partial charge in [-0.25, -0.2) is 15.0 Å². The van der Waals surface area contributed by atoms with Crippen molar-refractivity contribution < 1.29 is 0 Å². The predicted octanol–water partition coefficient (Wildman–Crippen LogP) is 16.1. The summed E-state index contributed by atoms with van der Waals surface area (Å²) in [6.07, 6.45) is 2.01. The van der Waals surface area contributed by atoms with E-state index in [0.29, 0.717) is 17.5 Å². The SMILES string of the molecule is c1ccc(-c2ccc(-c3nc(-c4ccc(-c5ccccc5)cc4)nc(-c4cccc(-c5ccc(-c6cccc(-c7cnc8c(ccc9c%10ccccc%10ccc98)c7)c6)cc5)c4)n3)cc2)cc1. The molecule has 0 bridgehead atoms. The topological polar surface area (TPSA) is 51.6 Å². The summed E-state index contributed by atoms with van der Waals surface area (Å²) >= 11 is 0. The van der Waals surface area contributed by atoms with E-state index in [4.69, 9.17) is 19.9 Å². The van der Waals surface area contributed by atoms with E-state index in [2.05, 4.69) is 224 Å². The van der Waals surface area contributed by atoms with Gasteiger partial charge in [0.15, 0.2) is 17.5 Å². The van der Waals surface area contributed by atoms with Crippen LogP contribution in [0.1, 0.15) is 0 Å². The van der Waals surface area contributed by atoms with Crippen molar-refractivity contribution in [2.24, 2.45) is 0 Å². The lowest BCUT2D eigenvalue weighted by Crippen LogP contribution is -2.00. The average molecular weight is 841 g/mol. The molecule has 308 valence electrons. The third-order valence-electron chi connectivity index (χ3n) is 12.6. The molecular weight excluding hydrogens is 801 g/mol. The molecule has 0 N–H and O–H groups in total. The molecule has 0 fully saturated rings. The van der Waals surface area contributed by atoms with E-state index < -0.39 is 0 Å². The standard InChI is InChI=1S/C62H40N4/c1-3-11-41(12-4-1)43-25-29-48(30-26-43)60-64-61(49-31-27-44(28-32-49)42-13-5-2-6-14-42)66-62(65-60)54-19-10-17-51(38-54)46-23-21-45(22-24-46)50-16-9-18-52(37-50)55-39-53-34-35-57-56-20-8-7-15-47(56)33-36-58(57)59(53)63-40-55/h1-40H. The Balaban J connectivity index is 0.848. The molecule has 0 atom stereocenters. The fourth-order valence-electron chi connectivity index (χ4n) is 9.07. The largest absolute Gasteiger partial charge is 0.255 e. The van der Waals surface area contributed by atoms with Gasteiger partial charge in [0.2, 0.25) is 0 Å². The molecule has 12 aromatic rings. The fourth-order valence-corrected chi connectivity index (χ4v) is 9.07. The van der Waals surface area contributed by atoms with Crippen LogP contribution in [-0.2, 0) is 0 Å². The second-order valence-corrected chi connectivity index (χ2v) is 16.7. The van der Waals surface area contributed by atoms with Crippen LogP contribution in [0.4, 0.5) is 0 Å². The van der Waals surface area contributed by atoms with Gasteiger partial charge < -0.3 is 0 Å². The van der Waals surface area contributed by atoms with Crippen molar-refractivity contribution in [1.29, 1.82) is 0 Å². The minimum Gasteiger partial charge on any atom is -0.255 e. The summed E-state index contributed by atoms with van der Waals surface area (Å²) in [5.41, 5.74) is 15.1. The summed E-state index contributed by atoms with van der Waals surface area (Å²) < 4.78 is 0. The molecule has 0 radical (unpaired) electrons. The average Bonchev–Trinajstić information content (AvgIpc) is 3.41. The molecule has 0 saturated carbocycles. The number of hydrogen-bond donors (Lipinski definition) is 0. The van der Waals surface area contributed by atoms with Gasteiger partial charge in [0.1, 0.15) is 0 Å². The molecule has 2 heterocycles. The molecule has 0 unspecified atom stereocenters. The molecule has 0 aliphatic carbocycles. The third kappa shape index (κ3) is 7.47. The Labute approximate surface area is 383 Å². The highest BCUT2D eigenvalue weighted by atomic mass is 15.0. The summed E-state index contributed by atoms with van der Waals surface area (Å²) in [5, 5.41) is 6.03. The number of fused-ring (bicyclic) bond motifs is 5. The first-order valence-corrected chi connectivity index (χ1v) is 22.3. The van der Waals surface area contributed by atoms with Crippen molar-refractivity contribution in [3.05, 3.63) is 243 Å². The molecule has 0 aliphatic heterocycles. The van der Waals surface area contributed by atoms with E-state index in [-0.39, 0.29) is 0 Å². The number of pyridine rings is 1. The van der Waals surface area contributed by atoms with Crippen molar-refractivity contribution in [2.45, 2.75) is 0 Å². The minimum atomic E-state index is 0.620. The van der Waals surface area contributed by atoms with E-state index in [1.54, 1.807) is 0 Å². The predicted molar refractivity (Wildman–Crippen MR) is 274 cm³/mol. The highest BCUT2D eigenvalue weighted by Crippen LogP contribution is 2.35. The van der Waals surface area contributed by atoms with Crippen molar-refractivity contribution >= 4 is 32.4 Å². The summed E-state index contributed by atoms with van der Waals surface area (Å²) in [7, 11) is 0. The Morgan fingerprint density at radius 3 is 1.18 bits per heavy atom. The lowest BCUT2D eigenvalue weighted by molar-refractivity contribution is 1.07. The molecule has 4 heteroatoms. The first kappa shape index (κ1) is 38.8. The second kappa shape index (κ2) is 16.7. The molecule has 10 aromatic carbocycles. The van der Waals surface area contributed by atoms with Gasteiger partial charge in [-0.15, -0.1) is 0 Å². The summed E-state index contributed by atoms with van der Waals surface area (Å²) in [5.74, 6) is 1.87. The lowest BCUT2D eigenvalue weighted by Gasteiger charge is -2.11.